The number of rotatable bonds is 4. The predicted octanol–water partition coefficient (Wildman–Crippen LogP) is -2.95. The van der Waals surface area contributed by atoms with Crippen molar-refractivity contribution in [2.24, 2.45) is 11.6 Å². The van der Waals surface area contributed by atoms with Gasteiger partial charge in [-0.05, 0) is 0 Å². The monoisotopic (exact) mass is 146 g/mol. The Morgan fingerprint density at radius 3 is 2.30 bits per heavy atom. The lowest BCUT2D eigenvalue weighted by atomic mass is 10.5. The maximum Gasteiger partial charge on any atom is 0.247 e. The lowest BCUT2D eigenvalue weighted by Crippen LogP contribution is -2.40. The summed E-state index contributed by atoms with van der Waals surface area (Å²) in [7, 11) is 0. The van der Waals surface area contributed by atoms with Crippen LogP contribution in [0.15, 0.2) is 0 Å². The van der Waals surface area contributed by atoms with E-state index in [2.05, 4.69) is 5.32 Å². The molecule has 0 aromatic rings. The van der Waals surface area contributed by atoms with Crippen molar-refractivity contribution in [2.45, 2.75) is 0 Å². The molecule has 6 heteroatoms. The van der Waals surface area contributed by atoms with Crippen LogP contribution in [0.3, 0.4) is 0 Å². The Morgan fingerprint density at radius 1 is 1.30 bits per heavy atom. The molecule has 6 nitrogen and oxygen atoms in total. The average Bonchev–Trinajstić information content (AvgIpc) is 1.87. The number of carbonyl (C=O) groups excluding carboxylic acids is 2. The summed E-state index contributed by atoms with van der Waals surface area (Å²) in [5.41, 5.74) is 6.64. The van der Waals surface area contributed by atoms with Crippen molar-refractivity contribution in [1.82, 2.24) is 10.7 Å². The third kappa shape index (κ3) is 5.01. The molecule has 0 aliphatic carbocycles. The third-order valence-corrected chi connectivity index (χ3v) is 0.746. The molecule has 6 N–H and O–H groups in total. The summed E-state index contributed by atoms with van der Waals surface area (Å²) < 4.78 is 0. The Hall–Kier alpha value is -1.14. The van der Waals surface area contributed by atoms with Gasteiger partial charge in [0.15, 0.2) is 0 Å². The van der Waals surface area contributed by atoms with Gasteiger partial charge in [0.05, 0.1) is 13.1 Å². The summed E-state index contributed by atoms with van der Waals surface area (Å²) in [4.78, 5) is 20.4. The molecular weight excluding hydrogens is 136 g/mol. The van der Waals surface area contributed by atoms with Crippen molar-refractivity contribution in [3.8, 4) is 0 Å². The van der Waals surface area contributed by atoms with E-state index < -0.39 is 5.91 Å². The van der Waals surface area contributed by atoms with Crippen molar-refractivity contribution >= 4 is 11.8 Å². The molecule has 0 heterocycles. The largest absolute Gasteiger partial charge is 0.369 e. The molecule has 0 fully saturated rings. The number of nitrogens with one attached hydrogen (secondary N) is 2. The first-order chi connectivity index (χ1) is 4.66. The van der Waals surface area contributed by atoms with E-state index in [1.54, 1.807) is 0 Å². The van der Waals surface area contributed by atoms with Gasteiger partial charge >= 0.3 is 0 Å². The molecule has 0 aromatic carbocycles. The van der Waals surface area contributed by atoms with E-state index in [-0.39, 0.29) is 19.0 Å². The van der Waals surface area contributed by atoms with Gasteiger partial charge in [0.25, 0.3) is 0 Å². The van der Waals surface area contributed by atoms with Crippen LogP contribution in [0.25, 0.3) is 0 Å². The van der Waals surface area contributed by atoms with Crippen LogP contribution >= 0.6 is 0 Å². The molecule has 0 aromatic heterocycles. The van der Waals surface area contributed by atoms with Gasteiger partial charge in [-0.2, -0.15) is 0 Å². The number of primary amides is 1. The van der Waals surface area contributed by atoms with Crippen molar-refractivity contribution in [3.05, 3.63) is 0 Å². The van der Waals surface area contributed by atoms with Crippen LogP contribution in [-0.4, -0.2) is 24.9 Å². The Kier molecular flexibility index (Phi) is 4.17. The second kappa shape index (κ2) is 4.71. The predicted molar refractivity (Wildman–Crippen MR) is 34.4 cm³/mol. The zero-order chi connectivity index (χ0) is 7.98. The van der Waals surface area contributed by atoms with Crippen LogP contribution in [0.1, 0.15) is 0 Å². The number of carbonyl (C=O) groups is 2. The number of nitrogens with two attached hydrogens (primary N) is 2. The van der Waals surface area contributed by atoms with E-state index in [9.17, 15) is 9.59 Å². The average molecular weight is 146 g/mol. The summed E-state index contributed by atoms with van der Waals surface area (Å²) in [5.74, 6) is 3.84. The zero-order valence-corrected chi connectivity index (χ0v) is 5.39. The van der Waals surface area contributed by atoms with Crippen LogP contribution in [0.2, 0.25) is 0 Å². The summed E-state index contributed by atoms with van der Waals surface area (Å²) in [6.45, 7) is -0.0210. The minimum absolute atomic E-state index is 0.000556. The van der Waals surface area contributed by atoms with E-state index in [1.165, 1.54) is 0 Å². The lowest BCUT2D eigenvalue weighted by Gasteiger charge is -1.98. The minimum atomic E-state index is -0.509. The Labute approximate surface area is 57.9 Å². The third-order valence-electron chi connectivity index (χ3n) is 0.746. The highest BCUT2D eigenvalue weighted by molar-refractivity contribution is 5.79. The number of hydrogen-bond acceptors (Lipinski definition) is 4. The molecule has 0 saturated heterocycles. The van der Waals surface area contributed by atoms with Gasteiger partial charge in [0.2, 0.25) is 11.8 Å². The minimum Gasteiger partial charge on any atom is -0.369 e. The van der Waals surface area contributed by atoms with Gasteiger partial charge in [-0.15, -0.1) is 0 Å². The van der Waals surface area contributed by atoms with Crippen molar-refractivity contribution in [2.75, 3.05) is 13.1 Å². The molecule has 10 heavy (non-hydrogen) atoms. The molecule has 0 rings (SSSR count). The molecule has 0 bridgehead atoms. The highest BCUT2D eigenvalue weighted by Crippen LogP contribution is 1.58. The first-order valence-corrected chi connectivity index (χ1v) is 2.65. The quantitative estimate of drug-likeness (QED) is 0.193. The Bertz CT molecular complexity index is 135. The second-order valence-corrected chi connectivity index (χ2v) is 1.64. The molecule has 0 spiro atoms. The number of hydrazine groups is 1. The number of amides is 2. The van der Waals surface area contributed by atoms with Crippen LogP contribution in [0.4, 0.5) is 0 Å². The number of hydrogen-bond donors (Lipinski definition) is 4. The molecule has 0 aliphatic heterocycles. The Balaban J connectivity index is 3.20. The molecule has 0 aliphatic rings. The summed E-state index contributed by atoms with van der Waals surface area (Å²) >= 11 is 0. The Morgan fingerprint density at radius 2 is 1.90 bits per heavy atom. The van der Waals surface area contributed by atoms with Crippen LogP contribution in [0, 0.1) is 0 Å². The van der Waals surface area contributed by atoms with Gasteiger partial charge in [0, 0.05) is 0 Å². The summed E-state index contributed by atoms with van der Waals surface area (Å²) in [5, 5.41) is 2.47. The van der Waals surface area contributed by atoms with E-state index in [0.717, 1.165) is 0 Å². The van der Waals surface area contributed by atoms with Gasteiger partial charge in [-0.1, -0.05) is 0 Å². The lowest BCUT2D eigenvalue weighted by molar-refractivity contribution is -0.120. The van der Waals surface area contributed by atoms with Gasteiger partial charge in [-0.3, -0.25) is 20.3 Å². The first kappa shape index (κ1) is 8.86. The van der Waals surface area contributed by atoms with Crippen molar-refractivity contribution in [1.29, 1.82) is 0 Å². The van der Waals surface area contributed by atoms with E-state index >= 15 is 0 Å². The first-order valence-electron chi connectivity index (χ1n) is 2.65. The fourth-order valence-electron chi connectivity index (χ4n) is 0.350. The van der Waals surface area contributed by atoms with Crippen molar-refractivity contribution in [3.63, 3.8) is 0 Å². The van der Waals surface area contributed by atoms with Crippen LogP contribution in [-0.2, 0) is 9.59 Å². The standard InChI is InChI=1S/C4H10N4O2/c5-3(9)1-7-2-4(10)8-6/h7H,1-2,6H2,(H2,5,9)(H,8,10). The topological polar surface area (TPSA) is 110 Å². The van der Waals surface area contributed by atoms with Gasteiger partial charge in [0.1, 0.15) is 0 Å². The second-order valence-electron chi connectivity index (χ2n) is 1.64. The maximum atomic E-state index is 10.3. The van der Waals surface area contributed by atoms with E-state index in [1.807, 2.05) is 5.43 Å². The van der Waals surface area contributed by atoms with E-state index in [0.29, 0.717) is 0 Å². The highest BCUT2D eigenvalue weighted by atomic mass is 16.2. The molecule has 0 radical (unpaired) electrons. The molecule has 0 saturated carbocycles. The molecule has 2 amide bonds. The van der Waals surface area contributed by atoms with Crippen LogP contribution < -0.4 is 22.3 Å². The molecule has 0 atom stereocenters. The fraction of sp³-hybridized carbons (Fsp3) is 0.500. The van der Waals surface area contributed by atoms with Gasteiger partial charge in [-0.25, -0.2) is 5.84 Å². The summed E-state index contributed by atoms with van der Waals surface area (Å²) in [6, 6.07) is 0. The SMILES string of the molecule is NNC(=O)CNCC(N)=O. The normalized spacial score (nSPS) is 8.90. The molecular formula is C4H10N4O2. The molecule has 58 valence electrons. The summed E-state index contributed by atoms with van der Waals surface area (Å²) in [6.07, 6.45) is 0. The fourth-order valence-corrected chi connectivity index (χ4v) is 0.350. The maximum absolute atomic E-state index is 10.3. The van der Waals surface area contributed by atoms with E-state index in [4.69, 9.17) is 11.6 Å². The van der Waals surface area contributed by atoms with Crippen LogP contribution in [0.5, 0.6) is 0 Å². The molecule has 0 unspecified atom stereocenters. The zero-order valence-electron chi connectivity index (χ0n) is 5.39. The van der Waals surface area contributed by atoms with Gasteiger partial charge < -0.3 is 5.73 Å². The smallest absolute Gasteiger partial charge is 0.247 e. The highest BCUT2D eigenvalue weighted by Gasteiger charge is 1.97. The van der Waals surface area contributed by atoms with Crippen molar-refractivity contribution < 1.29 is 9.59 Å².